The number of sulfonamides is 1. The van der Waals surface area contributed by atoms with Crippen LogP contribution in [0.3, 0.4) is 0 Å². The molecule has 0 saturated carbocycles. The predicted molar refractivity (Wildman–Crippen MR) is 77.4 cm³/mol. The van der Waals surface area contributed by atoms with Crippen LogP contribution in [-0.4, -0.2) is 21.0 Å². The molecule has 0 aliphatic rings. The van der Waals surface area contributed by atoms with E-state index < -0.39 is 16.0 Å². The van der Waals surface area contributed by atoms with Gasteiger partial charge in [0.05, 0.1) is 17.1 Å². The van der Waals surface area contributed by atoms with Crippen LogP contribution in [0.15, 0.2) is 17.0 Å². The van der Waals surface area contributed by atoms with Crippen LogP contribution in [-0.2, 0) is 14.8 Å². The van der Waals surface area contributed by atoms with E-state index in [1.807, 2.05) is 6.92 Å². The number of nitrogens with two attached hydrogens (primary N) is 1. The highest BCUT2D eigenvalue weighted by Crippen LogP contribution is 2.25. The zero-order valence-electron chi connectivity index (χ0n) is 11.5. The second-order valence-corrected chi connectivity index (χ2v) is 6.41. The average Bonchev–Trinajstić information content (AvgIpc) is 2.36. The minimum Gasteiger partial charge on any atom is -0.462 e. The van der Waals surface area contributed by atoms with Crippen molar-refractivity contribution in [1.29, 1.82) is 0 Å². The molecule has 0 spiro atoms. The predicted octanol–water partition coefficient (Wildman–Crippen LogP) is 2.64. The normalized spacial score (nSPS) is 11.4. The summed E-state index contributed by atoms with van der Waals surface area (Å²) in [5, 5.41) is 5.26. The zero-order valence-corrected chi connectivity index (χ0v) is 13.1. The summed E-state index contributed by atoms with van der Waals surface area (Å²) in [7, 11) is -3.93. The molecule has 0 bridgehead atoms. The van der Waals surface area contributed by atoms with Gasteiger partial charge in [-0.2, -0.15) is 0 Å². The number of esters is 1. The molecule has 2 N–H and O–H groups in total. The minimum absolute atomic E-state index is 0.0844. The molecule has 0 amide bonds. The highest BCUT2D eigenvalue weighted by Gasteiger charge is 2.18. The van der Waals surface area contributed by atoms with Gasteiger partial charge >= 0.3 is 5.97 Å². The molecule has 0 unspecified atom stereocenters. The molecule has 1 aromatic carbocycles. The smallest absolute Gasteiger partial charge is 0.338 e. The van der Waals surface area contributed by atoms with Gasteiger partial charge in [-0.3, -0.25) is 0 Å². The summed E-state index contributed by atoms with van der Waals surface area (Å²) in [4.78, 5) is 11.7. The van der Waals surface area contributed by atoms with Crippen molar-refractivity contribution in [3.8, 4) is 0 Å². The Morgan fingerprint density at radius 1 is 1.35 bits per heavy atom. The van der Waals surface area contributed by atoms with Crippen molar-refractivity contribution in [2.75, 3.05) is 6.61 Å². The van der Waals surface area contributed by atoms with Crippen LogP contribution in [0.4, 0.5) is 0 Å². The molecule has 1 aromatic rings. The van der Waals surface area contributed by atoms with Crippen molar-refractivity contribution in [2.45, 2.75) is 38.0 Å². The number of primary sulfonamides is 1. The number of rotatable bonds is 6. The quantitative estimate of drug-likeness (QED) is 0.645. The molecule has 0 heterocycles. The molecular weight excluding hydrogens is 302 g/mol. The summed E-state index contributed by atoms with van der Waals surface area (Å²) in [5.74, 6) is -0.604. The second kappa shape index (κ2) is 7.06. The van der Waals surface area contributed by atoms with Gasteiger partial charge in [-0.1, -0.05) is 31.4 Å². The Kier molecular flexibility index (Phi) is 5.98. The molecule has 5 nitrogen and oxygen atoms in total. The van der Waals surface area contributed by atoms with Gasteiger partial charge in [0.1, 0.15) is 0 Å². The maximum Gasteiger partial charge on any atom is 0.338 e. The number of halogens is 1. The Morgan fingerprint density at radius 3 is 2.55 bits per heavy atom. The molecule has 7 heteroatoms. The second-order valence-electron chi connectivity index (χ2n) is 4.47. The van der Waals surface area contributed by atoms with Crippen LogP contribution in [0.5, 0.6) is 0 Å². The molecule has 0 saturated heterocycles. The number of hydrogen-bond acceptors (Lipinski definition) is 4. The molecule has 0 aliphatic carbocycles. The topological polar surface area (TPSA) is 86.5 Å². The summed E-state index contributed by atoms with van der Waals surface area (Å²) in [6.07, 6.45) is 2.75. The van der Waals surface area contributed by atoms with E-state index >= 15 is 0 Å². The third kappa shape index (κ3) is 4.47. The van der Waals surface area contributed by atoms with Gasteiger partial charge in [-0.25, -0.2) is 18.4 Å². The van der Waals surface area contributed by atoms with Crippen molar-refractivity contribution in [3.05, 3.63) is 28.3 Å². The van der Waals surface area contributed by atoms with Gasteiger partial charge < -0.3 is 4.74 Å². The Bertz CT molecular complexity index is 599. The van der Waals surface area contributed by atoms with E-state index in [1.54, 1.807) is 0 Å². The molecular formula is C13H18ClNO4S. The molecule has 0 aromatic heterocycles. The molecule has 1 rings (SSSR count). The van der Waals surface area contributed by atoms with Gasteiger partial charge in [0, 0.05) is 5.02 Å². The lowest BCUT2D eigenvalue weighted by atomic mass is 10.1. The maximum atomic E-state index is 11.8. The third-order valence-electron chi connectivity index (χ3n) is 2.82. The number of ether oxygens (including phenoxy) is 1. The highest BCUT2D eigenvalue weighted by molar-refractivity contribution is 7.89. The summed E-state index contributed by atoms with van der Waals surface area (Å²) in [6.45, 7) is 3.86. The fourth-order valence-electron chi connectivity index (χ4n) is 1.67. The van der Waals surface area contributed by atoms with E-state index in [1.165, 1.54) is 19.1 Å². The van der Waals surface area contributed by atoms with E-state index in [0.29, 0.717) is 12.2 Å². The van der Waals surface area contributed by atoms with Crippen LogP contribution in [0, 0.1) is 6.92 Å². The van der Waals surface area contributed by atoms with Gasteiger partial charge in [-0.05, 0) is 31.0 Å². The van der Waals surface area contributed by atoms with Gasteiger partial charge in [-0.15, -0.1) is 0 Å². The van der Waals surface area contributed by atoms with Gasteiger partial charge in [0.25, 0.3) is 0 Å². The average molecular weight is 320 g/mol. The number of carbonyl (C=O) groups excluding carboxylic acids is 1. The van der Waals surface area contributed by atoms with Gasteiger partial charge in [0.2, 0.25) is 10.0 Å². The van der Waals surface area contributed by atoms with Crippen LogP contribution in [0.2, 0.25) is 5.02 Å². The van der Waals surface area contributed by atoms with E-state index in [4.69, 9.17) is 21.5 Å². The van der Waals surface area contributed by atoms with Crippen molar-refractivity contribution >= 4 is 27.6 Å². The first-order valence-corrected chi connectivity index (χ1v) is 8.20. The lowest BCUT2D eigenvalue weighted by Gasteiger charge is -2.09. The number of hydrogen-bond donors (Lipinski definition) is 1. The standard InChI is InChI=1S/C13H18ClNO4S/c1-3-4-5-6-19-13(16)10-7-11(14)9(2)12(8-10)20(15,17)18/h7-8H,3-6H2,1-2H3,(H2,15,17,18). The molecule has 0 fully saturated rings. The summed E-state index contributed by atoms with van der Waals surface area (Å²) in [5.41, 5.74) is 0.401. The monoisotopic (exact) mass is 319 g/mol. The molecule has 0 aliphatic heterocycles. The van der Waals surface area contributed by atoms with E-state index in [2.05, 4.69) is 0 Å². The minimum atomic E-state index is -3.93. The van der Waals surface area contributed by atoms with Crippen molar-refractivity contribution < 1.29 is 17.9 Å². The first-order valence-electron chi connectivity index (χ1n) is 6.27. The first-order chi connectivity index (χ1) is 9.27. The molecule has 0 atom stereocenters. The Hall–Kier alpha value is -1.11. The van der Waals surface area contributed by atoms with E-state index in [-0.39, 0.29) is 15.5 Å². The lowest BCUT2D eigenvalue weighted by Crippen LogP contribution is -2.16. The van der Waals surface area contributed by atoms with Crippen molar-refractivity contribution in [2.24, 2.45) is 5.14 Å². The molecule has 0 radical (unpaired) electrons. The fourth-order valence-corrected chi connectivity index (χ4v) is 2.77. The van der Waals surface area contributed by atoms with Crippen LogP contribution in [0.25, 0.3) is 0 Å². The number of carbonyl (C=O) groups is 1. The van der Waals surface area contributed by atoms with Crippen LogP contribution < -0.4 is 5.14 Å². The maximum absolute atomic E-state index is 11.8. The molecule has 20 heavy (non-hydrogen) atoms. The number of unbranched alkanes of at least 4 members (excludes halogenated alkanes) is 2. The Labute approximate surface area is 124 Å². The highest BCUT2D eigenvalue weighted by atomic mass is 35.5. The SMILES string of the molecule is CCCCCOC(=O)c1cc(Cl)c(C)c(S(N)(=O)=O)c1. The summed E-state index contributed by atoms with van der Waals surface area (Å²) < 4.78 is 28.0. The fraction of sp³-hybridized carbons (Fsp3) is 0.462. The third-order valence-corrected chi connectivity index (χ3v) is 4.25. The van der Waals surface area contributed by atoms with Crippen LogP contribution in [0.1, 0.15) is 42.1 Å². The Morgan fingerprint density at radius 2 is 2.00 bits per heavy atom. The lowest BCUT2D eigenvalue weighted by molar-refractivity contribution is 0.0498. The Balaban J connectivity index is 2.97. The molecule has 112 valence electrons. The first kappa shape index (κ1) is 16.9. The summed E-state index contributed by atoms with van der Waals surface area (Å²) in [6, 6.07) is 2.58. The van der Waals surface area contributed by atoms with Crippen LogP contribution >= 0.6 is 11.6 Å². The van der Waals surface area contributed by atoms with E-state index in [9.17, 15) is 13.2 Å². The summed E-state index contributed by atoms with van der Waals surface area (Å²) >= 11 is 5.93. The van der Waals surface area contributed by atoms with Crippen molar-refractivity contribution in [1.82, 2.24) is 0 Å². The van der Waals surface area contributed by atoms with Gasteiger partial charge in [0.15, 0.2) is 0 Å². The zero-order chi connectivity index (χ0) is 15.3. The largest absolute Gasteiger partial charge is 0.462 e. The van der Waals surface area contributed by atoms with Crippen molar-refractivity contribution in [3.63, 3.8) is 0 Å². The number of benzene rings is 1. The van der Waals surface area contributed by atoms with E-state index in [0.717, 1.165) is 19.3 Å².